The molecule has 34 heavy (non-hydrogen) atoms. The van der Waals surface area contributed by atoms with Gasteiger partial charge in [0, 0.05) is 23.1 Å². The van der Waals surface area contributed by atoms with E-state index in [0.29, 0.717) is 22.0 Å². The molecule has 2 heterocycles. The van der Waals surface area contributed by atoms with Gasteiger partial charge in [-0.05, 0) is 31.5 Å². The van der Waals surface area contributed by atoms with E-state index in [9.17, 15) is 9.59 Å². The first-order valence-corrected chi connectivity index (χ1v) is 11.0. The fraction of sp³-hybridized carbons (Fsp3) is 0.333. The van der Waals surface area contributed by atoms with Gasteiger partial charge >= 0.3 is 17.9 Å². The van der Waals surface area contributed by atoms with E-state index in [4.69, 9.17) is 30.5 Å². The number of nitrogens with zero attached hydrogens (tertiary/aromatic N) is 2. The predicted molar refractivity (Wildman–Crippen MR) is 124 cm³/mol. The molecule has 9 nitrogen and oxygen atoms in total. The van der Waals surface area contributed by atoms with E-state index in [1.54, 1.807) is 56.6 Å². The molecule has 1 N–H and O–H groups in total. The minimum absolute atomic E-state index is 0.0416. The number of hydrogen-bond acceptors (Lipinski definition) is 9. The lowest BCUT2D eigenvalue weighted by Gasteiger charge is -2.31. The predicted octanol–water partition coefficient (Wildman–Crippen LogP) is 3.18. The highest BCUT2D eigenvalue weighted by molar-refractivity contribution is 6.31. The summed E-state index contributed by atoms with van der Waals surface area (Å²) in [5.41, 5.74) is 2.07. The average Bonchev–Trinajstić information content (AvgIpc) is 2.84. The molecular weight excluding hydrogens is 462 g/mol. The van der Waals surface area contributed by atoms with Crippen molar-refractivity contribution in [1.29, 1.82) is 0 Å². The second kappa shape index (κ2) is 12.2. The molecule has 0 saturated carbocycles. The second-order valence-electron chi connectivity index (χ2n) is 7.15. The van der Waals surface area contributed by atoms with Crippen molar-refractivity contribution in [2.24, 2.45) is 0 Å². The van der Waals surface area contributed by atoms with Gasteiger partial charge in [0.05, 0.1) is 49.7 Å². The molecule has 1 atom stereocenters. The molecule has 0 aliphatic carbocycles. The molecule has 0 saturated heterocycles. The number of aromatic nitrogens is 2. The SMILES string of the molecule is CCOC(=O)C1=C(COCCOc2ncccn2)NC(C)=C(C(=O)OC)C1c1ccccc1Cl. The summed E-state index contributed by atoms with van der Waals surface area (Å²) in [6.45, 7) is 4.06. The Morgan fingerprint density at radius 3 is 2.47 bits per heavy atom. The number of dihydropyridines is 1. The van der Waals surface area contributed by atoms with Crippen LogP contribution in [0.1, 0.15) is 25.3 Å². The van der Waals surface area contributed by atoms with Crippen molar-refractivity contribution in [2.75, 3.05) is 33.5 Å². The molecule has 0 bridgehead atoms. The van der Waals surface area contributed by atoms with Crippen molar-refractivity contribution in [3.63, 3.8) is 0 Å². The lowest BCUT2D eigenvalue weighted by molar-refractivity contribution is -0.139. The molecule has 10 heteroatoms. The Labute approximate surface area is 202 Å². The molecule has 1 aliphatic rings. The van der Waals surface area contributed by atoms with E-state index >= 15 is 0 Å². The van der Waals surface area contributed by atoms with Gasteiger partial charge in [-0.3, -0.25) is 0 Å². The Hall–Kier alpha value is -3.43. The van der Waals surface area contributed by atoms with E-state index in [-0.39, 0.29) is 43.6 Å². The molecule has 1 aromatic heterocycles. The summed E-state index contributed by atoms with van der Waals surface area (Å²) in [5, 5.41) is 3.53. The summed E-state index contributed by atoms with van der Waals surface area (Å²) in [6.07, 6.45) is 3.16. The second-order valence-corrected chi connectivity index (χ2v) is 7.56. The maximum atomic E-state index is 13.1. The molecule has 0 spiro atoms. The van der Waals surface area contributed by atoms with E-state index in [0.717, 1.165) is 0 Å². The van der Waals surface area contributed by atoms with Gasteiger partial charge in [0.1, 0.15) is 6.61 Å². The number of methoxy groups -OCH3 is 1. The minimum atomic E-state index is -0.797. The number of rotatable bonds is 10. The third kappa shape index (κ3) is 5.92. The molecule has 0 fully saturated rings. The summed E-state index contributed by atoms with van der Waals surface area (Å²) in [7, 11) is 1.29. The Balaban J connectivity index is 1.90. The maximum Gasteiger partial charge on any atom is 0.336 e. The van der Waals surface area contributed by atoms with Gasteiger partial charge in [0.25, 0.3) is 0 Å². The third-order valence-electron chi connectivity index (χ3n) is 5.01. The Kier molecular flexibility index (Phi) is 9.00. The maximum absolute atomic E-state index is 13.1. The summed E-state index contributed by atoms with van der Waals surface area (Å²) in [6, 6.07) is 8.96. The third-order valence-corrected chi connectivity index (χ3v) is 5.35. The van der Waals surface area contributed by atoms with E-state index in [1.165, 1.54) is 7.11 Å². The number of carbonyl (C=O) groups excluding carboxylic acids is 2. The highest BCUT2D eigenvalue weighted by Crippen LogP contribution is 2.41. The largest absolute Gasteiger partial charge is 0.466 e. The van der Waals surface area contributed by atoms with Crippen LogP contribution in [0.5, 0.6) is 6.01 Å². The van der Waals surface area contributed by atoms with Crippen molar-refractivity contribution >= 4 is 23.5 Å². The van der Waals surface area contributed by atoms with Crippen LogP contribution in [0, 0.1) is 0 Å². The number of allylic oxidation sites excluding steroid dienone is 1. The van der Waals surface area contributed by atoms with Crippen LogP contribution in [0.3, 0.4) is 0 Å². The van der Waals surface area contributed by atoms with Crippen molar-refractivity contribution in [3.8, 4) is 6.01 Å². The van der Waals surface area contributed by atoms with Crippen molar-refractivity contribution in [3.05, 3.63) is 75.9 Å². The number of benzene rings is 1. The monoisotopic (exact) mass is 487 g/mol. The summed E-state index contributed by atoms with van der Waals surface area (Å²) < 4.78 is 21.5. The summed E-state index contributed by atoms with van der Waals surface area (Å²) in [4.78, 5) is 33.8. The van der Waals surface area contributed by atoms with Gasteiger partial charge < -0.3 is 24.3 Å². The van der Waals surface area contributed by atoms with Crippen LogP contribution in [0.15, 0.2) is 65.3 Å². The number of ether oxygens (including phenoxy) is 4. The van der Waals surface area contributed by atoms with Crippen LogP contribution in [0.2, 0.25) is 5.02 Å². The van der Waals surface area contributed by atoms with Gasteiger partial charge in [-0.15, -0.1) is 0 Å². The number of halogens is 1. The van der Waals surface area contributed by atoms with Crippen LogP contribution < -0.4 is 10.1 Å². The lowest BCUT2D eigenvalue weighted by Crippen LogP contribution is -2.35. The molecule has 0 amide bonds. The average molecular weight is 488 g/mol. The van der Waals surface area contributed by atoms with Crippen molar-refractivity contribution in [2.45, 2.75) is 19.8 Å². The van der Waals surface area contributed by atoms with Gasteiger partial charge in [-0.25, -0.2) is 19.6 Å². The Morgan fingerprint density at radius 2 is 1.79 bits per heavy atom. The minimum Gasteiger partial charge on any atom is -0.466 e. The summed E-state index contributed by atoms with van der Waals surface area (Å²) in [5.74, 6) is -1.96. The first kappa shape index (κ1) is 25.2. The van der Waals surface area contributed by atoms with Crippen LogP contribution in [-0.4, -0.2) is 55.4 Å². The molecule has 180 valence electrons. The fourth-order valence-electron chi connectivity index (χ4n) is 3.59. The van der Waals surface area contributed by atoms with E-state index in [2.05, 4.69) is 15.3 Å². The van der Waals surface area contributed by atoms with Crippen LogP contribution >= 0.6 is 11.6 Å². The zero-order chi connectivity index (χ0) is 24.5. The van der Waals surface area contributed by atoms with Crippen LogP contribution in [0.25, 0.3) is 0 Å². The molecule has 0 radical (unpaired) electrons. The topological polar surface area (TPSA) is 109 Å². The zero-order valence-corrected chi connectivity index (χ0v) is 19.9. The molecule has 3 rings (SSSR count). The molecule has 2 aromatic rings. The number of nitrogens with one attached hydrogen (secondary N) is 1. The lowest BCUT2D eigenvalue weighted by atomic mass is 9.80. The normalized spacial score (nSPS) is 15.6. The van der Waals surface area contributed by atoms with Gasteiger partial charge in [-0.1, -0.05) is 29.8 Å². The first-order chi connectivity index (χ1) is 16.5. The van der Waals surface area contributed by atoms with Crippen molar-refractivity contribution in [1.82, 2.24) is 15.3 Å². The Bertz CT molecular complexity index is 1090. The molecule has 1 aromatic carbocycles. The number of carbonyl (C=O) groups is 2. The molecule has 1 unspecified atom stereocenters. The van der Waals surface area contributed by atoms with E-state index < -0.39 is 17.9 Å². The number of esters is 2. The smallest absolute Gasteiger partial charge is 0.336 e. The highest BCUT2D eigenvalue weighted by atomic mass is 35.5. The first-order valence-electron chi connectivity index (χ1n) is 10.7. The van der Waals surface area contributed by atoms with Crippen molar-refractivity contribution < 1.29 is 28.5 Å². The highest BCUT2D eigenvalue weighted by Gasteiger charge is 2.39. The molecule has 1 aliphatic heterocycles. The van der Waals surface area contributed by atoms with Gasteiger partial charge in [-0.2, -0.15) is 0 Å². The Morgan fingerprint density at radius 1 is 1.06 bits per heavy atom. The van der Waals surface area contributed by atoms with Crippen LogP contribution in [-0.2, 0) is 23.8 Å². The number of hydrogen-bond donors (Lipinski definition) is 1. The standard InChI is InChI=1S/C24H26ClN3O6/c1-4-33-23(30)21-18(14-32-12-13-34-24-26-10-7-11-27-24)28-15(2)19(22(29)31-3)20(21)16-8-5-6-9-17(16)25/h5-11,20,28H,4,12-14H2,1-3H3. The summed E-state index contributed by atoms with van der Waals surface area (Å²) >= 11 is 6.49. The quantitative estimate of drug-likeness (QED) is 0.399. The fourth-order valence-corrected chi connectivity index (χ4v) is 3.83. The van der Waals surface area contributed by atoms with Gasteiger partial charge in [0.15, 0.2) is 0 Å². The van der Waals surface area contributed by atoms with Gasteiger partial charge in [0.2, 0.25) is 0 Å². The van der Waals surface area contributed by atoms with E-state index in [1.807, 2.05) is 0 Å². The van der Waals surface area contributed by atoms with Crippen LogP contribution in [0.4, 0.5) is 0 Å². The zero-order valence-electron chi connectivity index (χ0n) is 19.2. The molecular formula is C24H26ClN3O6.